The zero-order chi connectivity index (χ0) is 14.8. The average Bonchev–Trinajstić information content (AvgIpc) is 2.87. The Balaban J connectivity index is 1.59. The van der Waals surface area contributed by atoms with Crippen LogP contribution in [0.4, 0.5) is 0 Å². The van der Waals surface area contributed by atoms with E-state index in [1.807, 2.05) is 30.3 Å². The molecule has 1 heterocycles. The number of para-hydroxylation sites is 1. The van der Waals surface area contributed by atoms with E-state index in [0.29, 0.717) is 12.7 Å². The minimum Gasteiger partial charge on any atom is -0.459 e. The van der Waals surface area contributed by atoms with Crippen LogP contribution in [0.3, 0.4) is 0 Å². The van der Waals surface area contributed by atoms with Crippen molar-refractivity contribution in [3.05, 3.63) is 36.1 Å². The third-order valence-electron chi connectivity index (χ3n) is 4.46. The van der Waals surface area contributed by atoms with Crippen molar-refractivity contribution in [1.82, 2.24) is 0 Å². The highest BCUT2D eigenvalue weighted by atomic mass is 16.5. The van der Waals surface area contributed by atoms with Crippen molar-refractivity contribution in [2.24, 2.45) is 17.6 Å². The fourth-order valence-corrected chi connectivity index (χ4v) is 3.52. The molecule has 3 unspecified atom stereocenters. The predicted octanol–water partition coefficient (Wildman–Crippen LogP) is 4.27. The van der Waals surface area contributed by atoms with E-state index in [-0.39, 0.29) is 6.04 Å². The molecule has 1 fully saturated rings. The summed E-state index contributed by atoms with van der Waals surface area (Å²) in [7, 11) is 0. The van der Waals surface area contributed by atoms with E-state index in [2.05, 4.69) is 13.8 Å². The summed E-state index contributed by atoms with van der Waals surface area (Å²) >= 11 is 0. The molecule has 0 spiro atoms. The quantitative estimate of drug-likeness (QED) is 0.913. The van der Waals surface area contributed by atoms with Crippen molar-refractivity contribution in [3.63, 3.8) is 0 Å². The summed E-state index contributed by atoms with van der Waals surface area (Å²) in [6, 6.07) is 9.83. The smallest absolute Gasteiger partial charge is 0.134 e. The van der Waals surface area contributed by atoms with Gasteiger partial charge in [0.15, 0.2) is 0 Å². The predicted molar refractivity (Wildman–Crippen MR) is 85.1 cm³/mol. The van der Waals surface area contributed by atoms with Gasteiger partial charge in [-0.05, 0) is 43.2 Å². The van der Waals surface area contributed by atoms with Crippen molar-refractivity contribution >= 4 is 11.0 Å². The van der Waals surface area contributed by atoms with E-state index in [0.717, 1.165) is 41.4 Å². The Labute approximate surface area is 126 Å². The molecule has 3 rings (SSSR count). The maximum Gasteiger partial charge on any atom is 0.134 e. The fourth-order valence-electron chi connectivity index (χ4n) is 3.52. The molecule has 1 aliphatic carbocycles. The van der Waals surface area contributed by atoms with E-state index >= 15 is 0 Å². The number of benzene rings is 1. The molecular weight excluding hydrogens is 262 g/mol. The van der Waals surface area contributed by atoms with Crippen LogP contribution >= 0.6 is 0 Å². The first kappa shape index (κ1) is 14.6. The van der Waals surface area contributed by atoms with Crippen LogP contribution in [0.1, 0.15) is 44.9 Å². The maximum atomic E-state index is 6.23. The second-order valence-electron chi connectivity index (χ2n) is 6.67. The molecule has 114 valence electrons. The first-order valence-electron chi connectivity index (χ1n) is 7.97. The van der Waals surface area contributed by atoms with Crippen LogP contribution in [0.25, 0.3) is 11.0 Å². The second-order valence-corrected chi connectivity index (χ2v) is 6.67. The second kappa shape index (κ2) is 6.20. The summed E-state index contributed by atoms with van der Waals surface area (Å²) in [6.45, 7) is 5.15. The Morgan fingerprint density at radius 2 is 1.90 bits per heavy atom. The largest absolute Gasteiger partial charge is 0.459 e. The standard InChI is InChI=1S/C18H25NO2/c1-12-7-13(2)9-15(8-12)20-11-16(19)18-10-14-5-3-4-6-17(14)21-18/h3-6,10,12-13,15-16H,7-9,11,19H2,1-2H3. The zero-order valence-electron chi connectivity index (χ0n) is 12.9. The van der Waals surface area contributed by atoms with Crippen molar-refractivity contribution in [3.8, 4) is 0 Å². The molecule has 0 saturated heterocycles. The number of fused-ring (bicyclic) bond motifs is 1. The van der Waals surface area contributed by atoms with Gasteiger partial charge in [0.25, 0.3) is 0 Å². The first-order chi connectivity index (χ1) is 10.1. The SMILES string of the molecule is CC1CC(C)CC(OCC(N)c2cc3ccccc3o2)C1. The number of hydrogen-bond donors (Lipinski definition) is 1. The molecule has 3 heteroatoms. The van der Waals surface area contributed by atoms with Crippen LogP contribution in [0.2, 0.25) is 0 Å². The molecule has 2 aromatic rings. The van der Waals surface area contributed by atoms with Crippen LogP contribution < -0.4 is 5.73 Å². The van der Waals surface area contributed by atoms with Gasteiger partial charge in [0.1, 0.15) is 11.3 Å². The Morgan fingerprint density at radius 3 is 2.62 bits per heavy atom. The molecule has 3 atom stereocenters. The van der Waals surface area contributed by atoms with Crippen LogP contribution in [-0.2, 0) is 4.74 Å². The molecule has 0 bridgehead atoms. The first-order valence-corrected chi connectivity index (χ1v) is 7.97. The van der Waals surface area contributed by atoms with Crippen molar-refractivity contribution < 1.29 is 9.15 Å². The molecule has 3 nitrogen and oxygen atoms in total. The van der Waals surface area contributed by atoms with Crippen molar-refractivity contribution in [1.29, 1.82) is 0 Å². The van der Waals surface area contributed by atoms with Crippen LogP contribution in [-0.4, -0.2) is 12.7 Å². The molecule has 1 aromatic heterocycles. The van der Waals surface area contributed by atoms with Gasteiger partial charge in [-0.25, -0.2) is 0 Å². The molecule has 1 aliphatic rings. The van der Waals surface area contributed by atoms with Gasteiger partial charge in [0.2, 0.25) is 0 Å². The van der Waals surface area contributed by atoms with Gasteiger partial charge >= 0.3 is 0 Å². The molecular formula is C18H25NO2. The number of furan rings is 1. The molecule has 1 saturated carbocycles. The van der Waals surface area contributed by atoms with Crippen molar-refractivity contribution in [2.75, 3.05) is 6.61 Å². The van der Waals surface area contributed by atoms with Gasteiger partial charge in [-0.3, -0.25) is 0 Å². The van der Waals surface area contributed by atoms with Gasteiger partial charge < -0.3 is 14.9 Å². The summed E-state index contributed by atoms with van der Waals surface area (Å²) in [5, 5.41) is 1.10. The van der Waals surface area contributed by atoms with Gasteiger partial charge in [-0.2, -0.15) is 0 Å². The van der Waals surface area contributed by atoms with Crippen molar-refractivity contribution in [2.45, 2.75) is 45.3 Å². The lowest BCUT2D eigenvalue weighted by Crippen LogP contribution is -2.29. The zero-order valence-corrected chi connectivity index (χ0v) is 12.9. The van der Waals surface area contributed by atoms with E-state index in [1.165, 1.54) is 6.42 Å². The fraction of sp³-hybridized carbons (Fsp3) is 0.556. The minimum absolute atomic E-state index is 0.190. The van der Waals surface area contributed by atoms with E-state index in [1.54, 1.807) is 0 Å². The number of rotatable bonds is 4. The number of nitrogens with two attached hydrogens (primary N) is 1. The molecule has 21 heavy (non-hydrogen) atoms. The Hall–Kier alpha value is -1.32. The normalized spacial score (nSPS) is 27.9. The number of hydrogen-bond acceptors (Lipinski definition) is 3. The Morgan fingerprint density at radius 1 is 1.19 bits per heavy atom. The highest BCUT2D eigenvalue weighted by molar-refractivity contribution is 5.77. The lowest BCUT2D eigenvalue weighted by Gasteiger charge is -2.31. The molecule has 2 N–H and O–H groups in total. The molecule has 0 amide bonds. The van der Waals surface area contributed by atoms with Gasteiger partial charge in [-0.15, -0.1) is 0 Å². The van der Waals surface area contributed by atoms with E-state index in [4.69, 9.17) is 14.9 Å². The summed E-state index contributed by atoms with van der Waals surface area (Å²) in [5.74, 6) is 2.32. The summed E-state index contributed by atoms with van der Waals surface area (Å²) in [5.41, 5.74) is 7.12. The van der Waals surface area contributed by atoms with E-state index in [9.17, 15) is 0 Å². The summed E-state index contributed by atoms with van der Waals surface area (Å²) < 4.78 is 11.9. The minimum atomic E-state index is -0.190. The molecule has 0 aliphatic heterocycles. The van der Waals surface area contributed by atoms with Gasteiger partial charge in [0.05, 0.1) is 18.8 Å². The molecule has 0 radical (unpaired) electrons. The molecule has 1 aromatic carbocycles. The van der Waals surface area contributed by atoms with Crippen LogP contribution in [0.5, 0.6) is 0 Å². The number of ether oxygens (including phenoxy) is 1. The highest BCUT2D eigenvalue weighted by Crippen LogP contribution is 2.31. The average molecular weight is 287 g/mol. The lowest BCUT2D eigenvalue weighted by atomic mass is 9.82. The van der Waals surface area contributed by atoms with Crippen LogP contribution in [0, 0.1) is 11.8 Å². The summed E-state index contributed by atoms with van der Waals surface area (Å²) in [6.07, 6.45) is 3.96. The Bertz CT molecular complexity index is 549. The van der Waals surface area contributed by atoms with Crippen LogP contribution in [0.15, 0.2) is 34.7 Å². The van der Waals surface area contributed by atoms with E-state index < -0.39 is 0 Å². The lowest BCUT2D eigenvalue weighted by molar-refractivity contribution is -0.00699. The monoisotopic (exact) mass is 287 g/mol. The summed E-state index contributed by atoms with van der Waals surface area (Å²) in [4.78, 5) is 0. The Kier molecular flexibility index (Phi) is 4.32. The maximum absolute atomic E-state index is 6.23. The topological polar surface area (TPSA) is 48.4 Å². The highest BCUT2D eigenvalue weighted by Gasteiger charge is 2.25. The van der Waals surface area contributed by atoms with Gasteiger partial charge in [-0.1, -0.05) is 32.0 Å². The third kappa shape index (κ3) is 3.47. The van der Waals surface area contributed by atoms with Gasteiger partial charge in [0, 0.05) is 5.39 Å². The third-order valence-corrected chi connectivity index (χ3v) is 4.46.